The van der Waals surface area contributed by atoms with E-state index in [0.717, 1.165) is 75.2 Å². The maximum atomic E-state index is 4.78. The zero-order chi connectivity index (χ0) is 23.1. The lowest BCUT2D eigenvalue weighted by atomic mass is 10.2. The van der Waals surface area contributed by atoms with Gasteiger partial charge in [0.15, 0.2) is 0 Å². The van der Waals surface area contributed by atoms with E-state index in [0.29, 0.717) is 0 Å². The molecule has 4 nitrogen and oxygen atoms in total. The third kappa shape index (κ3) is 4.31. The minimum Gasteiger partial charge on any atom is -0.244 e. The van der Waals surface area contributed by atoms with E-state index >= 15 is 0 Å². The van der Waals surface area contributed by atoms with E-state index < -0.39 is 0 Å². The number of thioether (sulfide) groups is 2. The van der Waals surface area contributed by atoms with Gasteiger partial charge in [-0.2, -0.15) is 0 Å². The summed E-state index contributed by atoms with van der Waals surface area (Å²) < 4.78 is 0. The third-order valence-electron chi connectivity index (χ3n) is 5.44. The maximum absolute atomic E-state index is 4.78. The van der Waals surface area contributed by atoms with Crippen LogP contribution in [0.1, 0.15) is 0 Å². The highest BCUT2D eigenvalue weighted by Gasteiger charge is 2.10. The van der Waals surface area contributed by atoms with E-state index in [9.17, 15) is 0 Å². The Morgan fingerprint density at radius 1 is 0.471 bits per heavy atom. The van der Waals surface area contributed by atoms with Gasteiger partial charge in [-0.15, -0.1) is 48.8 Å². The summed E-state index contributed by atoms with van der Waals surface area (Å²) in [6.07, 6.45) is 0. The first kappa shape index (κ1) is 22.0. The van der Waals surface area contributed by atoms with Crippen molar-refractivity contribution in [2.24, 2.45) is 0 Å². The van der Waals surface area contributed by atoms with Crippen LogP contribution in [0.4, 0.5) is 0 Å². The average molecular weight is 515 g/mol. The molecule has 0 spiro atoms. The number of hydrogen-bond acceptors (Lipinski definition) is 8. The molecule has 0 aliphatic heterocycles. The Labute approximate surface area is 215 Å². The van der Waals surface area contributed by atoms with Crippen molar-refractivity contribution in [2.45, 2.75) is 19.6 Å². The lowest BCUT2D eigenvalue weighted by Crippen LogP contribution is -1.91. The second-order valence-electron chi connectivity index (χ2n) is 7.74. The molecular formula is C26H18N4S4. The van der Waals surface area contributed by atoms with Crippen LogP contribution in [0, 0.1) is 0 Å². The van der Waals surface area contributed by atoms with Crippen LogP contribution in [0.2, 0.25) is 0 Å². The number of rotatable bonds is 5. The molecular weight excluding hydrogens is 497 g/mol. The molecule has 0 radical (unpaired) electrons. The third-order valence-corrected chi connectivity index (χ3v) is 8.85. The van der Waals surface area contributed by atoms with Gasteiger partial charge in [-0.05, 0) is 48.5 Å². The van der Waals surface area contributed by atoms with Crippen molar-refractivity contribution in [3.05, 3.63) is 72.8 Å². The molecule has 0 N–H and O–H groups in total. The normalized spacial score (nSPS) is 11.7. The minimum atomic E-state index is 0.868. The lowest BCUT2D eigenvalue weighted by molar-refractivity contribution is 1.24. The minimum absolute atomic E-state index is 0.868. The van der Waals surface area contributed by atoms with Crippen LogP contribution in [-0.4, -0.2) is 31.4 Å². The van der Waals surface area contributed by atoms with Crippen LogP contribution >= 0.6 is 48.8 Å². The average Bonchev–Trinajstić information content (AvgIpc) is 2.84. The molecule has 0 saturated carbocycles. The van der Waals surface area contributed by atoms with E-state index in [1.54, 1.807) is 23.5 Å². The van der Waals surface area contributed by atoms with Gasteiger partial charge in [-0.25, -0.2) is 19.9 Å². The Morgan fingerprint density at radius 2 is 0.794 bits per heavy atom. The molecule has 0 fully saturated rings. The summed E-state index contributed by atoms with van der Waals surface area (Å²) in [5, 5.41) is 0. The number of aromatic nitrogens is 4. The molecule has 166 valence electrons. The van der Waals surface area contributed by atoms with Crippen molar-refractivity contribution in [1.82, 2.24) is 19.9 Å². The Balaban J connectivity index is 1.19. The summed E-state index contributed by atoms with van der Waals surface area (Å²) in [4.78, 5) is 23.1. The summed E-state index contributed by atoms with van der Waals surface area (Å²) in [7, 11) is 0. The van der Waals surface area contributed by atoms with Gasteiger partial charge in [0.25, 0.3) is 0 Å². The number of thiol groups is 2. The summed E-state index contributed by atoms with van der Waals surface area (Å²) in [6.45, 7) is 0. The predicted molar refractivity (Wildman–Crippen MR) is 150 cm³/mol. The predicted octanol–water partition coefficient (Wildman–Crippen LogP) is 7.34. The van der Waals surface area contributed by atoms with Crippen LogP contribution in [0.3, 0.4) is 0 Å². The molecule has 0 amide bonds. The van der Waals surface area contributed by atoms with Gasteiger partial charge in [0.2, 0.25) is 0 Å². The molecule has 6 aromatic rings. The SMILES string of the molecule is Sc1cc2nc3ccccc3nc2cc1SCCSc1cc2nc3ccccc3nc2cc1S. The van der Waals surface area contributed by atoms with Gasteiger partial charge in [-0.3, -0.25) is 0 Å². The first-order valence-electron chi connectivity index (χ1n) is 10.7. The second-order valence-corrected chi connectivity index (χ2v) is 11.0. The topological polar surface area (TPSA) is 51.6 Å². The first-order chi connectivity index (χ1) is 16.6. The molecule has 0 aliphatic rings. The lowest BCUT2D eigenvalue weighted by Gasteiger charge is -2.09. The number of nitrogens with zero attached hydrogens (tertiary/aromatic N) is 4. The zero-order valence-electron chi connectivity index (χ0n) is 17.8. The van der Waals surface area contributed by atoms with Gasteiger partial charge in [-0.1, -0.05) is 24.3 Å². The van der Waals surface area contributed by atoms with Gasteiger partial charge < -0.3 is 0 Å². The fraction of sp³-hybridized carbons (Fsp3) is 0.0769. The van der Waals surface area contributed by atoms with Crippen LogP contribution in [0.5, 0.6) is 0 Å². The molecule has 2 aromatic heterocycles. The monoisotopic (exact) mass is 514 g/mol. The van der Waals surface area contributed by atoms with Gasteiger partial charge in [0.1, 0.15) is 0 Å². The number of para-hydroxylation sites is 4. The molecule has 2 heterocycles. The number of benzene rings is 4. The van der Waals surface area contributed by atoms with E-state index in [2.05, 4.69) is 12.1 Å². The zero-order valence-corrected chi connectivity index (χ0v) is 21.3. The summed E-state index contributed by atoms with van der Waals surface area (Å²) >= 11 is 13.0. The fourth-order valence-electron chi connectivity index (χ4n) is 3.81. The van der Waals surface area contributed by atoms with Crippen molar-refractivity contribution >= 4 is 92.9 Å². The van der Waals surface area contributed by atoms with Crippen molar-refractivity contribution < 1.29 is 0 Å². The number of hydrogen-bond donors (Lipinski definition) is 2. The van der Waals surface area contributed by atoms with Crippen molar-refractivity contribution in [2.75, 3.05) is 11.5 Å². The van der Waals surface area contributed by atoms with E-state index in [4.69, 9.17) is 45.2 Å². The Bertz CT molecular complexity index is 1580. The van der Waals surface area contributed by atoms with Gasteiger partial charge in [0.05, 0.1) is 44.1 Å². The highest BCUT2D eigenvalue weighted by Crippen LogP contribution is 2.34. The highest BCUT2D eigenvalue weighted by atomic mass is 32.2. The Hall–Kier alpha value is -2.52. The van der Waals surface area contributed by atoms with Crippen LogP contribution in [-0.2, 0) is 0 Å². The van der Waals surface area contributed by atoms with Crippen LogP contribution in [0.25, 0.3) is 44.1 Å². The van der Waals surface area contributed by atoms with E-state index in [-0.39, 0.29) is 0 Å². The molecule has 8 heteroatoms. The molecule has 0 atom stereocenters. The van der Waals surface area contributed by atoms with Crippen molar-refractivity contribution in [1.29, 1.82) is 0 Å². The first-order valence-corrected chi connectivity index (χ1v) is 13.6. The molecule has 0 unspecified atom stereocenters. The largest absolute Gasteiger partial charge is 0.244 e. The molecule has 4 aromatic carbocycles. The standard InChI is InChI=1S/C26H18N4S4/c31-23-11-19-21(29-17-7-3-1-5-15(17)27-19)13-25(23)33-9-10-34-26-14-22-20(12-24(26)32)28-16-6-2-4-8-18(16)30-22/h1-8,11-14,31-32H,9-10H2. The van der Waals surface area contributed by atoms with Gasteiger partial charge >= 0.3 is 0 Å². The quantitative estimate of drug-likeness (QED) is 0.109. The van der Waals surface area contributed by atoms with Crippen LogP contribution < -0.4 is 0 Å². The molecule has 6 rings (SSSR count). The molecule has 0 saturated heterocycles. The summed E-state index contributed by atoms with van der Waals surface area (Å²) in [6, 6.07) is 24.1. The second kappa shape index (κ2) is 9.26. The molecule has 0 bridgehead atoms. The highest BCUT2D eigenvalue weighted by molar-refractivity contribution is 8.03. The summed E-state index contributed by atoms with van der Waals surface area (Å²) in [5.74, 6) is 1.86. The molecule has 34 heavy (non-hydrogen) atoms. The fourth-order valence-corrected chi connectivity index (χ4v) is 6.48. The Morgan fingerprint density at radius 3 is 1.15 bits per heavy atom. The van der Waals surface area contributed by atoms with Crippen LogP contribution in [0.15, 0.2) is 92.4 Å². The van der Waals surface area contributed by atoms with Crippen molar-refractivity contribution in [3.8, 4) is 0 Å². The Kier molecular flexibility index (Phi) is 5.99. The smallest absolute Gasteiger partial charge is 0.0906 e. The van der Waals surface area contributed by atoms with Crippen molar-refractivity contribution in [3.63, 3.8) is 0 Å². The maximum Gasteiger partial charge on any atom is 0.0906 e. The van der Waals surface area contributed by atoms with E-state index in [1.807, 2.05) is 60.7 Å². The van der Waals surface area contributed by atoms with Gasteiger partial charge in [0, 0.05) is 31.1 Å². The molecule has 0 aliphatic carbocycles. The number of fused-ring (bicyclic) bond motifs is 4. The summed E-state index contributed by atoms with van der Waals surface area (Å²) in [5.41, 5.74) is 7.13. The van der Waals surface area contributed by atoms with E-state index in [1.165, 1.54) is 0 Å².